The fourth-order valence-corrected chi connectivity index (χ4v) is 2.69. The van der Waals surface area contributed by atoms with Crippen LogP contribution in [0.25, 0.3) is 28.0 Å². The zero-order chi connectivity index (χ0) is 15.8. The summed E-state index contributed by atoms with van der Waals surface area (Å²) in [4.78, 5) is 8.54. The Morgan fingerprint density at radius 3 is 2.48 bits per heavy atom. The van der Waals surface area contributed by atoms with E-state index in [1.165, 1.54) is 0 Å². The molecule has 0 aliphatic rings. The van der Waals surface area contributed by atoms with Gasteiger partial charge in [-0.25, -0.2) is 9.67 Å². The Kier molecular flexibility index (Phi) is 3.05. The number of benzene rings is 2. The van der Waals surface area contributed by atoms with Gasteiger partial charge in [0.25, 0.3) is 0 Å². The molecule has 0 spiro atoms. The summed E-state index contributed by atoms with van der Waals surface area (Å²) in [6, 6.07) is 18.1. The zero-order valence-corrected chi connectivity index (χ0v) is 12.6. The van der Waals surface area contributed by atoms with Crippen molar-refractivity contribution in [3.63, 3.8) is 0 Å². The lowest BCUT2D eigenvalue weighted by Gasteiger charge is -2.06. The van der Waals surface area contributed by atoms with Crippen LogP contribution in [0.15, 0.2) is 60.8 Å². The van der Waals surface area contributed by atoms with E-state index >= 15 is 0 Å². The SMILES string of the molecule is Cc1ccccc1-n1nc(-c2ccccc2)c2cnc(N)nc21. The molecule has 0 amide bonds. The minimum absolute atomic E-state index is 0.242. The molecule has 0 unspecified atom stereocenters. The van der Waals surface area contributed by atoms with Crippen molar-refractivity contribution in [2.75, 3.05) is 5.73 Å². The highest BCUT2D eigenvalue weighted by molar-refractivity contribution is 5.92. The van der Waals surface area contributed by atoms with Gasteiger partial charge in [0.1, 0.15) is 5.69 Å². The smallest absolute Gasteiger partial charge is 0.222 e. The molecule has 0 radical (unpaired) electrons. The second kappa shape index (κ2) is 5.21. The van der Waals surface area contributed by atoms with Gasteiger partial charge in [0.2, 0.25) is 5.95 Å². The summed E-state index contributed by atoms with van der Waals surface area (Å²) < 4.78 is 1.84. The minimum atomic E-state index is 0.242. The number of aromatic nitrogens is 4. The van der Waals surface area contributed by atoms with Gasteiger partial charge in [-0.3, -0.25) is 0 Å². The van der Waals surface area contributed by atoms with Gasteiger partial charge in [-0.2, -0.15) is 10.1 Å². The molecule has 0 aliphatic carbocycles. The van der Waals surface area contributed by atoms with Gasteiger partial charge in [-0.05, 0) is 18.6 Å². The summed E-state index contributed by atoms with van der Waals surface area (Å²) in [5, 5.41) is 5.67. The van der Waals surface area contributed by atoms with Crippen molar-refractivity contribution < 1.29 is 0 Å². The first-order chi connectivity index (χ1) is 11.2. The first-order valence-electron chi connectivity index (χ1n) is 7.37. The summed E-state index contributed by atoms with van der Waals surface area (Å²) >= 11 is 0. The standard InChI is InChI=1S/C18H15N5/c1-12-7-5-6-10-15(12)23-17-14(11-20-18(19)21-17)16(22-23)13-8-3-2-4-9-13/h2-11H,1H3,(H2,19,20,21). The maximum atomic E-state index is 5.79. The van der Waals surface area contributed by atoms with Crippen molar-refractivity contribution in [3.05, 3.63) is 66.4 Å². The van der Waals surface area contributed by atoms with Crippen molar-refractivity contribution in [1.29, 1.82) is 0 Å². The van der Waals surface area contributed by atoms with E-state index in [0.29, 0.717) is 5.65 Å². The van der Waals surface area contributed by atoms with Crippen LogP contribution in [-0.4, -0.2) is 19.7 Å². The van der Waals surface area contributed by atoms with E-state index in [1.54, 1.807) is 6.20 Å². The fraction of sp³-hybridized carbons (Fsp3) is 0.0556. The maximum absolute atomic E-state index is 5.79. The molecule has 2 aromatic carbocycles. The number of nitrogens with two attached hydrogens (primary N) is 1. The van der Waals surface area contributed by atoms with Crippen LogP contribution in [0, 0.1) is 6.92 Å². The number of hydrogen-bond donors (Lipinski definition) is 1. The molecule has 2 aromatic heterocycles. The van der Waals surface area contributed by atoms with Crippen molar-refractivity contribution in [1.82, 2.24) is 19.7 Å². The van der Waals surface area contributed by atoms with Gasteiger partial charge in [0.15, 0.2) is 5.65 Å². The fourth-order valence-electron chi connectivity index (χ4n) is 2.69. The van der Waals surface area contributed by atoms with E-state index in [0.717, 1.165) is 27.9 Å². The van der Waals surface area contributed by atoms with Crippen LogP contribution < -0.4 is 5.73 Å². The lowest BCUT2D eigenvalue weighted by molar-refractivity contribution is 0.892. The van der Waals surface area contributed by atoms with Crippen LogP contribution in [0.4, 0.5) is 5.95 Å². The monoisotopic (exact) mass is 301 g/mol. The molecule has 4 aromatic rings. The molecular formula is C18H15N5. The third-order valence-corrected chi connectivity index (χ3v) is 3.83. The number of fused-ring (bicyclic) bond motifs is 1. The van der Waals surface area contributed by atoms with Crippen LogP contribution in [0.5, 0.6) is 0 Å². The van der Waals surface area contributed by atoms with Crippen molar-refractivity contribution in [2.24, 2.45) is 0 Å². The molecule has 0 saturated carbocycles. The highest BCUT2D eigenvalue weighted by atomic mass is 15.3. The second-order valence-corrected chi connectivity index (χ2v) is 5.38. The summed E-state index contributed by atoms with van der Waals surface area (Å²) in [6.07, 6.45) is 1.74. The molecule has 112 valence electrons. The Labute approximate surface area is 133 Å². The molecule has 5 nitrogen and oxygen atoms in total. The Bertz CT molecular complexity index is 989. The van der Waals surface area contributed by atoms with E-state index < -0.39 is 0 Å². The molecule has 0 aliphatic heterocycles. The van der Waals surface area contributed by atoms with Crippen LogP contribution in [0.1, 0.15) is 5.56 Å². The predicted molar refractivity (Wildman–Crippen MR) is 91.2 cm³/mol. The first kappa shape index (κ1) is 13.5. The topological polar surface area (TPSA) is 69.6 Å². The lowest BCUT2D eigenvalue weighted by Crippen LogP contribution is -2.02. The molecular weight excluding hydrogens is 286 g/mol. The van der Waals surface area contributed by atoms with Gasteiger partial charge in [-0.15, -0.1) is 0 Å². The molecule has 0 fully saturated rings. The van der Waals surface area contributed by atoms with Crippen LogP contribution in [0.3, 0.4) is 0 Å². The van der Waals surface area contributed by atoms with Crippen molar-refractivity contribution >= 4 is 17.0 Å². The number of para-hydroxylation sites is 1. The minimum Gasteiger partial charge on any atom is -0.368 e. The molecule has 5 heteroatoms. The third kappa shape index (κ3) is 2.23. The number of aryl methyl sites for hydroxylation is 1. The normalized spacial score (nSPS) is 11.0. The van der Waals surface area contributed by atoms with Gasteiger partial charge >= 0.3 is 0 Å². The Morgan fingerprint density at radius 2 is 1.70 bits per heavy atom. The number of rotatable bonds is 2. The Morgan fingerprint density at radius 1 is 0.957 bits per heavy atom. The quantitative estimate of drug-likeness (QED) is 0.616. The molecule has 4 rings (SSSR count). The average molecular weight is 301 g/mol. The van der Waals surface area contributed by atoms with Crippen molar-refractivity contribution in [3.8, 4) is 16.9 Å². The molecule has 2 heterocycles. The maximum Gasteiger partial charge on any atom is 0.222 e. The Balaban J connectivity index is 2.06. The predicted octanol–water partition coefficient (Wildman–Crippen LogP) is 3.37. The van der Waals surface area contributed by atoms with E-state index in [9.17, 15) is 0 Å². The zero-order valence-electron chi connectivity index (χ0n) is 12.6. The second-order valence-electron chi connectivity index (χ2n) is 5.38. The number of hydrogen-bond acceptors (Lipinski definition) is 4. The molecule has 0 atom stereocenters. The van der Waals surface area contributed by atoms with Crippen molar-refractivity contribution in [2.45, 2.75) is 6.92 Å². The van der Waals surface area contributed by atoms with Crippen LogP contribution in [-0.2, 0) is 0 Å². The lowest BCUT2D eigenvalue weighted by atomic mass is 10.1. The summed E-state index contributed by atoms with van der Waals surface area (Å²) in [5.41, 5.74) is 10.5. The van der Waals surface area contributed by atoms with E-state index in [2.05, 4.69) is 23.0 Å². The van der Waals surface area contributed by atoms with Gasteiger partial charge in [0, 0.05) is 11.8 Å². The highest BCUT2D eigenvalue weighted by Gasteiger charge is 2.16. The van der Waals surface area contributed by atoms with Gasteiger partial charge < -0.3 is 5.73 Å². The average Bonchev–Trinajstić information content (AvgIpc) is 2.94. The molecule has 23 heavy (non-hydrogen) atoms. The van der Waals surface area contributed by atoms with E-state index in [1.807, 2.05) is 53.2 Å². The van der Waals surface area contributed by atoms with E-state index in [4.69, 9.17) is 10.8 Å². The number of nitrogens with zero attached hydrogens (tertiary/aromatic N) is 4. The summed E-state index contributed by atoms with van der Waals surface area (Å²) in [5.74, 6) is 0.242. The summed E-state index contributed by atoms with van der Waals surface area (Å²) in [6.45, 7) is 2.05. The van der Waals surface area contributed by atoms with Crippen LogP contribution >= 0.6 is 0 Å². The van der Waals surface area contributed by atoms with Crippen LogP contribution in [0.2, 0.25) is 0 Å². The highest BCUT2D eigenvalue weighted by Crippen LogP contribution is 2.29. The Hall–Kier alpha value is -3.21. The van der Waals surface area contributed by atoms with Gasteiger partial charge in [-0.1, -0.05) is 48.5 Å². The first-order valence-corrected chi connectivity index (χ1v) is 7.37. The van der Waals surface area contributed by atoms with Gasteiger partial charge in [0.05, 0.1) is 11.1 Å². The molecule has 2 N–H and O–H groups in total. The molecule has 0 bridgehead atoms. The number of nitrogen functional groups attached to an aromatic ring is 1. The van der Waals surface area contributed by atoms with E-state index in [-0.39, 0.29) is 5.95 Å². The largest absolute Gasteiger partial charge is 0.368 e. The number of anilines is 1. The molecule has 0 saturated heterocycles. The third-order valence-electron chi connectivity index (χ3n) is 3.83. The summed E-state index contributed by atoms with van der Waals surface area (Å²) in [7, 11) is 0.